The third-order valence-electron chi connectivity index (χ3n) is 3.43. The van der Waals surface area contributed by atoms with E-state index in [0.717, 1.165) is 19.4 Å². The molecule has 1 amide bonds. The molecule has 0 aromatic carbocycles. The molecule has 0 spiro atoms. The minimum Gasteiger partial charge on any atom is -0.376 e. The van der Waals surface area contributed by atoms with E-state index in [4.69, 9.17) is 4.74 Å². The van der Waals surface area contributed by atoms with Gasteiger partial charge in [0.15, 0.2) is 0 Å². The summed E-state index contributed by atoms with van der Waals surface area (Å²) in [6.45, 7) is 7.56. The molecule has 2 atom stereocenters. The van der Waals surface area contributed by atoms with Gasteiger partial charge >= 0.3 is 0 Å². The van der Waals surface area contributed by atoms with Crippen molar-refractivity contribution in [2.24, 2.45) is 0 Å². The van der Waals surface area contributed by atoms with Crippen LogP contribution in [0.15, 0.2) is 0 Å². The van der Waals surface area contributed by atoms with Crippen LogP contribution < -0.4 is 10.6 Å². The van der Waals surface area contributed by atoms with Gasteiger partial charge in [-0.25, -0.2) is 0 Å². The van der Waals surface area contributed by atoms with E-state index in [2.05, 4.69) is 27.8 Å². The van der Waals surface area contributed by atoms with Crippen LogP contribution in [0.4, 0.5) is 5.13 Å². The predicted molar refractivity (Wildman–Crippen MR) is 74.6 cm³/mol. The average Bonchev–Trinajstić information content (AvgIpc) is 2.95. The van der Waals surface area contributed by atoms with Crippen LogP contribution >= 0.6 is 11.3 Å². The first-order valence-electron chi connectivity index (χ1n) is 6.56. The number of hydrogen-bond acceptors (Lipinski definition) is 6. The first kappa shape index (κ1) is 14.2. The van der Waals surface area contributed by atoms with Gasteiger partial charge in [0.1, 0.15) is 0 Å². The zero-order valence-electron chi connectivity index (χ0n) is 11.5. The van der Waals surface area contributed by atoms with Gasteiger partial charge in [-0.1, -0.05) is 18.3 Å². The van der Waals surface area contributed by atoms with Gasteiger partial charge in [-0.2, -0.15) is 0 Å². The molecule has 2 rings (SSSR count). The summed E-state index contributed by atoms with van der Waals surface area (Å²) in [5, 5.41) is 15.1. The lowest BCUT2D eigenvalue weighted by Crippen LogP contribution is -2.50. The number of carbonyl (C=O) groups excluding carboxylic acids is 1. The highest BCUT2D eigenvalue weighted by Gasteiger charge is 2.38. The van der Waals surface area contributed by atoms with Crippen molar-refractivity contribution in [1.29, 1.82) is 0 Å². The van der Waals surface area contributed by atoms with Crippen molar-refractivity contribution < 1.29 is 9.53 Å². The molecule has 2 N–H and O–H groups in total. The molecule has 7 heteroatoms. The van der Waals surface area contributed by atoms with E-state index in [0.29, 0.717) is 16.7 Å². The van der Waals surface area contributed by atoms with Crippen molar-refractivity contribution in [1.82, 2.24) is 15.5 Å². The summed E-state index contributed by atoms with van der Waals surface area (Å²) >= 11 is 1.28. The molecule has 106 valence electrons. The third kappa shape index (κ3) is 3.22. The zero-order chi connectivity index (χ0) is 13.9. The zero-order valence-corrected chi connectivity index (χ0v) is 12.3. The topological polar surface area (TPSA) is 76.1 Å². The van der Waals surface area contributed by atoms with E-state index >= 15 is 0 Å². The van der Waals surface area contributed by atoms with Crippen molar-refractivity contribution in [2.75, 3.05) is 18.5 Å². The van der Waals surface area contributed by atoms with Gasteiger partial charge in [0.2, 0.25) is 10.1 Å². The maximum atomic E-state index is 12.2. The molecule has 1 fully saturated rings. The number of aromatic nitrogens is 2. The van der Waals surface area contributed by atoms with Crippen molar-refractivity contribution >= 4 is 22.4 Å². The highest BCUT2D eigenvalue weighted by molar-refractivity contribution is 7.17. The standard InChI is InChI=1S/C12H20N4O2S/c1-4-6-13-11-16-15-10(19-11)9(17)14-12(3)5-7-18-8(12)2/h8H,4-7H2,1-3H3,(H,13,16)(H,14,17). The first-order chi connectivity index (χ1) is 9.05. The molecule has 1 aromatic rings. The van der Waals surface area contributed by atoms with Crippen molar-refractivity contribution in [2.45, 2.75) is 45.3 Å². The molecule has 2 unspecified atom stereocenters. The van der Waals surface area contributed by atoms with E-state index in [1.165, 1.54) is 11.3 Å². The largest absolute Gasteiger partial charge is 0.376 e. The molecule has 1 aromatic heterocycles. The Morgan fingerprint density at radius 2 is 2.37 bits per heavy atom. The van der Waals surface area contributed by atoms with Crippen molar-refractivity contribution in [3.05, 3.63) is 5.01 Å². The summed E-state index contributed by atoms with van der Waals surface area (Å²) in [5.41, 5.74) is -0.320. The molecule has 1 aliphatic heterocycles. The van der Waals surface area contributed by atoms with Gasteiger partial charge < -0.3 is 15.4 Å². The van der Waals surface area contributed by atoms with E-state index in [1.54, 1.807) is 0 Å². The Morgan fingerprint density at radius 3 is 3.00 bits per heavy atom. The molecule has 19 heavy (non-hydrogen) atoms. The lowest BCUT2D eigenvalue weighted by molar-refractivity contribution is 0.0726. The van der Waals surface area contributed by atoms with Gasteiger partial charge in [0.05, 0.1) is 11.6 Å². The fourth-order valence-electron chi connectivity index (χ4n) is 1.93. The van der Waals surface area contributed by atoms with Gasteiger partial charge in [-0.15, -0.1) is 10.2 Å². The minimum atomic E-state index is -0.320. The summed E-state index contributed by atoms with van der Waals surface area (Å²) in [6.07, 6.45) is 1.84. The summed E-state index contributed by atoms with van der Waals surface area (Å²) in [7, 11) is 0. The van der Waals surface area contributed by atoms with Crippen LogP contribution in [0.25, 0.3) is 0 Å². The van der Waals surface area contributed by atoms with E-state index in [-0.39, 0.29) is 17.6 Å². The Kier molecular flexibility index (Phi) is 4.36. The van der Waals surface area contributed by atoms with Crippen molar-refractivity contribution in [3.8, 4) is 0 Å². The Bertz CT molecular complexity index is 451. The van der Waals surface area contributed by atoms with Crippen LogP contribution in [0.2, 0.25) is 0 Å². The monoisotopic (exact) mass is 284 g/mol. The number of nitrogens with zero attached hydrogens (tertiary/aromatic N) is 2. The third-order valence-corrected chi connectivity index (χ3v) is 4.31. The van der Waals surface area contributed by atoms with Crippen LogP contribution in [0.3, 0.4) is 0 Å². The maximum Gasteiger partial charge on any atom is 0.282 e. The number of carbonyl (C=O) groups is 1. The number of amides is 1. The number of rotatable bonds is 5. The van der Waals surface area contributed by atoms with Crippen LogP contribution in [0.5, 0.6) is 0 Å². The van der Waals surface area contributed by atoms with Gasteiger partial charge in [0, 0.05) is 13.2 Å². The summed E-state index contributed by atoms with van der Waals surface area (Å²) in [6, 6.07) is 0. The van der Waals surface area contributed by atoms with Gasteiger partial charge in [0.25, 0.3) is 5.91 Å². The summed E-state index contributed by atoms with van der Waals surface area (Å²) in [4.78, 5) is 12.2. The Hall–Kier alpha value is -1.21. The molecule has 0 aliphatic carbocycles. The normalized spacial score (nSPS) is 26.4. The molecule has 6 nitrogen and oxygen atoms in total. The summed E-state index contributed by atoms with van der Waals surface area (Å²) < 4.78 is 5.50. The highest BCUT2D eigenvalue weighted by Crippen LogP contribution is 2.26. The second-order valence-electron chi connectivity index (χ2n) is 4.97. The van der Waals surface area contributed by atoms with Gasteiger partial charge in [-0.3, -0.25) is 4.79 Å². The molecule has 0 bridgehead atoms. The van der Waals surface area contributed by atoms with Crippen molar-refractivity contribution in [3.63, 3.8) is 0 Å². The first-order valence-corrected chi connectivity index (χ1v) is 7.38. The Morgan fingerprint density at radius 1 is 1.58 bits per heavy atom. The molecular formula is C12H20N4O2S. The maximum absolute atomic E-state index is 12.2. The molecule has 0 saturated carbocycles. The smallest absolute Gasteiger partial charge is 0.282 e. The van der Waals surface area contributed by atoms with E-state index < -0.39 is 0 Å². The summed E-state index contributed by atoms with van der Waals surface area (Å²) in [5.74, 6) is -0.179. The van der Waals surface area contributed by atoms with Crippen LogP contribution in [0.1, 0.15) is 43.4 Å². The fourth-order valence-corrected chi connectivity index (χ4v) is 2.59. The second-order valence-corrected chi connectivity index (χ2v) is 5.95. The minimum absolute atomic E-state index is 0.0158. The van der Waals surface area contributed by atoms with E-state index in [9.17, 15) is 4.79 Å². The Labute approximate surface area is 116 Å². The number of anilines is 1. The lowest BCUT2D eigenvalue weighted by atomic mass is 9.95. The number of nitrogens with one attached hydrogen (secondary N) is 2. The fraction of sp³-hybridized carbons (Fsp3) is 0.750. The van der Waals surface area contributed by atoms with Crippen LogP contribution in [-0.2, 0) is 4.74 Å². The molecule has 1 saturated heterocycles. The Balaban J connectivity index is 1.98. The number of hydrogen-bond donors (Lipinski definition) is 2. The van der Waals surface area contributed by atoms with Gasteiger partial charge in [-0.05, 0) is 26.7 Å². The molecule has 2 heterocycles. The average molecular weight is 284 g/mol. The SMILES string of the molecule is CCCNc1nnc(C(=O)NC2(C)CCOC2C)s1. The second kappa shape index (κ2) is 5.83. The quantitative estimate of drug-likeness (QED) is 0.860. The van der Waals surface area contributed by atoms with Crippen LogP contribution in [0, 0.1) is 0 Å². The lowest BCUT2D eigenvalue weighted by Gasteiger charge is -2.28. The number of ether oxygens (including phenoxy) is 1. The van der Waals surface area contributed by atoms with Crippen LogP contribution in [-0.4, -0.2) is 40.9 Å². The van der Waals surface area contributed by atoms with E-state index in [1.807, 2.05) is 13.8 Å². The molecule has 1 aliphatic rings. The highest BCUT2D eigenvalue weighted by atomic mass is 32.1. The molecular weight excluding hydrogens is 264 g/mol. The molecule has 0 radical (unpaired) electrons. The predicted octanol–water partition coefficient (Wildman–Crippen LogP) is 1.66.